The molecule has 4 rings (SSSR count). The highest BCUT2D eigenvalue weighted by molar-refractivity contribution is 6.30. The third kappa shape index (κ3) is 4.89. The summed E-state index contributed by atoms with van der Waals surface area (Å²) in [6.07, 6.45) is 1.33. The van der Waals surface area contributed by atoms with Crippen molar-refractivity contribution in [2.75, 3.05) is 6.54 Å². The van der Waals surface area contributed by atoms with Crippen molar-refractivity contribution in [2.24, 2.45) is 0 Å². The molecule has 1 N–H and O–H groups in total. The molecule has 1 saturated heterocycles. The quantitative estimate of drug-likeness (QED) is 0.501. The average Bonchev–Trinajstić information content (AvgIpc) is 2.77. The molecule has 1 fully saturated rings. The average molecular weight is 453 g/mol. The molecule has 1 amide bonds. The molecule has 0 bridgehead atoms. The van der Waals surface area contributed by atoms with Crippen LogP contribution in [0.3, 0.4) is 0 Å². The van der Waals surface area contributed by atoms with Crippen LogP contribution in [0, 0.1) is 0 Å². The molecule has 5 nitrogen and oxygen atoms in total. The zero-order valence-electron chi connectivity index (χ0n) is 18.7. The minimum atomic E-state index is -0.859. The van der Waals surface area contributed by atoms with Gasteiger partial charge >= 0.3 is 6.09 Å². The number of hydrogen-bond donors (Lipinski definition) is 1. The van der Waals surface area contributed by atoms with Crippen molar-refractivity contribution >= 4 is 28.6 Å². The lowest BCUT2D eigenvalue weighted by atomic mass is 9.90. The maximum absolute atomic E-state index is 12.9. The number of benzene rings is 2. The van der Waals surface area contributed by atoms with E-state index in [0.717, 1.165) is 40.6 Å². The van der Waals surface area contributed by atoms with E-state index in [9.17, 15) is 9.90 Å². The minimum absolute atomic E-state index is 0.359. The number of likely N-dealkylation sites (tertiary alicyclic amines) is 1. The molecule has 2 atom stereocenters. The molecule has 1 aromatic heterocycles. The van der Waals surface area contributed by atoms with Crippen molar-refractivity contribution in [2.45, 2.75) is 57.8 Å². The van der Waals surface area contributed by atoms with Crippen LogP contribution in [-0.4, -0.2) is 39.3 Å². The molecule has 0 radical (unpaired) electrons. The lowest BCUT2D eigenvalue weighted by Crippen LogP contribution is -2.48. The number of para-hydroxylation sites is 1. The molecule has 2 aromatic carbocycles. The third-order valence-corrected chi connectivity index (χ3v) is 6.00. The highest BCUT2D eigenvalue weighted by atomic mass is 35.5. The SMILES string of the molecule is CC(C)(C)OC(=O)N1CCCC[C@H]1C(O)c1cc(-c2ccc(Cl)cc2)nc2ccccc12. The van der Waals surface area contributed by atoms with Crippen molar-refractivity contribution in [3.05, 3.63) is 65.2 Å². The van der Waals surface area contributed by atoms with E-state index in [1.807, 2.05) is 75.4 Å². The molecular weight excluding hydrogens is 424 g/mol. The molecule has 6 heteroatoms. The Labute approximate surface area is 194 Å². The number of hydrogen-bond acceptors (Lipinski definition) is 4. The van der Waals surface area contributed by atoms with Crippen LogP contribution < -0.4 is 0 Å². The van der Waals surface area contributed by atoms with Crippen molar-refractivity contribution in [1.82, 2.24) is 9.88 Å². The third-order valence-electron chi connectivity index (χ3n) is 5.75. The summed E-state index contributed by atoms with van der Waals surface area (Å²) >= 11 is 6.06. The lowest BCUT2D eigenvalue weighted by Gasteiger charge is -2.39. The van der Waals surface area contributed by atoms with E-state index in [1.54, 1.807) is 4.90 Å². The van der Waals surface area contributed by atoms with Crippen molar-refractivity contribution in [3.63, 3.8) is 0 Å². The summed E-state index contributed by atoms with van der Waals surface area (Å²) in [6.45, 7) is 6.14. The zero-order valence-corrected chi connectivity index (χ0v) is 19.5. The molecule has 0 spiro atoms. The fourth-order valence-corrected chi connectivity index (χ4v) is 4.38. The first-order valence-corrected chi connectivity index (χ1v) is 11.4. The van der Waals surface area contributed by atoms with E-state index in [4.69, 9.17) is 21.3 Å². The van der Waals surface area contributed by atoms with E-state index in [1.165, 1.54) is 0 Å². The molecule has 0 saturated carbocycles. The fraction of sp³-hybridized carbons (Fsp3) is 0.385. The standard InChI is InChI=1S/C26H29ClN2O3/c1-26(2,3)32-25(31)29-15-7-6-10-23(29)24(30)20-16-22(17-11-13-18(27)14-12-17)28-21-9-5-4-8-19(20)21/h4-5,8-9,11-14,16,23-24,30H,6-7,10,15H2,1-3H3/t23-,24?/m0/s1. The number of nitrogens with zero attached hydrogens (tertiary/aromatic N) is 2. The second-order valence-electron chi connectivity index (χ2n) is 9.30. The highest BCUT2D eigenvalue weighted by Crippen LogP contribution is 2.35. The lowest BCUT2D eigenvalue weighted by molar-refractivity contribution is -0.0166. The zero-order chi connectivity index (χ0) is 22.9. The Morgan fingerprint density at radius 1 is 1.16 bits per heavy atom. The van der Waals surface area contributed by atoms with Gasteiger partial charge in [0.2, 0.25) is 0 Å². The highest BCUT2D eigenvalue weighted by Gasteiger charge is 2.36. The first-order chi connectivity index (χ1) is 15.2. The maximum atomic E-state index is 12.9. The van der Waals surface area contributed by atoms with Crippen molar-refractivity contribution in [3.8, 4) is 11.3 Å². The summed E-state index contributed by atoms with van der Waals surface area (Å²) in [6, 6.07) is 16.8. The van der Waals surface area contributed by atoms with Gasteiger partial charge in [0.15, 0.2) is 0 Å². The minimum Gasteiger partial charge on any atom is -0.444 e. The number of pyridine rings is 1. The van der Waals surface area contributed by atoms with Gasteiger partial charge in [0, 0.05) is 22.5 Å². The Morgan fingerprint density at radius 2 is 1.88 bits per heavy atom. The first kappa shape index (κ1) is 22.6. The summed E-state index contributed by atoms with van der Waals surface area (Å²) in [5.41, 5.74) is 2.65. The van der Waals surface area contributed by atoms with Crippen LogP contribution >= 0.6 is 11.6 Å². The predicted octanol–water partition coefficient (Wildman–Crippen LogP) is 6.38. The summed E-state index contributed by atoms with van der Waals surface area (Å²) in [7, 11) is 0. The van der Waals surface area contributed by atoms with Crippen LogP contribution in [0.1, 0.15) is 51.7 Å². The monoisotopic (exact) mass is 452 g/mol. The van der Waals surface area contributed by atoms with Gasteiger partial charge in [0.05, 0.1) is 17.3 Å². The number of ether oxygens (including phenoxy) is 1. The summed E-state index contributed by atoms with van der Waals surface area (Å²) in [5.74, 6) is 0. The summed E-state index contributed by atoms with van der Waals surface area (Å²) in [5, 5.41) is 13.1. The van der Waals surface area contributed by atoms with Crippen molar-refractivity contribution < 1.29 is 14.6 Å². The maximum Gasteiger partial charge on any atom is 0.410 e. The number of carbonyl (C=O) groups is 1. The van der Waals surface area contributed by atoms with Crippen LogP contribution in [0.4, 0.5) is 4.79 Å². The predicted molar refractivity (Wildman–Crippen MR) is 128 cm³/mol. The summed E-state index contributed by atoms with van der Waals surface area (Å²) < 4.78 is 5.64. The number of aromatic nitrogens is 1. The van der Waals surface area contributed by atoms with Crippen LogP contribution in [0.2, 0.25) is 5.02 Å². The van der Waals surface area contributed by atoms with E-state index in [-0.39, 0.29) is 12.1 Å². The largest absolute Gasteiger partial charge is 0.444 e. The van der Waals surface area contributed by atoms with Gasteiger partial charge in [-0.1, -0.05) is 41.9 Å². The van der Waals surface area contributed by atoms with Gasteiger partial charge in [-0.25, -0.2) is 9.78 Å². The molecule has 1 aliphatic rings. The molecule has 168 valence electrons. The second-order valence-corrected chi connectivity index (χ2v) is 9.74. The Kier molecular flexibility index (Phi) is 6.40. The number of carbonyl (C=O) groups excluding carboxylic acids is 1. The van der Waals surface area contributed by atoms with Gasteiger partial charge in [0.25, 0.3) is 0 Å². The van der Waals surface area contributed by atoms with E-state index >= 15 is 0 Å². The molecule has 1 aliphatic heterocycles. The molecule has 0 aliphatic carbocycles. The Morgan fingerprint density at radius 3 is 2.59 bits per heavy atom. The van der Waals surface area contributed by atoms with Gasteiger partial charge in [-0.3, -0.25) is 0 Å². The smallest absolute Gasteiger partial charge is 0.410 e. The number of halogens is 1. The first-order valence-electron chi connectivity index (χ1n) is 11.1. The van der Waals surface area contributed by atoms with Crippen molar-refractivity contribution in [1.29, 1.82) is 0 Å². The van der Waals surface area contributed by atoms with Gasteiger partial charge in [0.1, 0.15) is 11.7 Å². The normalized spacial score (nSPS) is 17.9. The van der Waals surface area contributed by atoms with Crippen LogP contribution in [0.25, 0.3) is 22.2 Å². The number of piperidine rings is 1. The van der Waals surface area contributed by atoms with E-state index in [0.29, 0.717) is 18.0 Å². The molecule has 3 aromatic rings. The van der Waals surface area contributed by atoms with Crippen LogP contribution in [-0.2, 0) is 4.74 Å². The number of rotatable bonds is 3. The van der Waals surface area contributed by atoms with Crippen LogP contribution in [0.15, 0.2) is 54.6 Å². The topological polar surface area (TPSA) is 62.7 Å². The molecular formula is C26H29ClN2O3. The van der Waals surface area contributed by atoms with E-state index in [2.05, 4.69) is 0 Å². The molecule has 1 unspecified atom stereocenters. The number of fused-ring (bicyclic) bond motifs is 1. The van der Waals surface area contributed by atoms with Gasteiger partial charge < -0.3 is 14.7 Å². The Balaban J connectivity index is 1.75. The molecule has 32 heavy (non-hydrogen) atoms. The Hall–Kier alpha value is -2.63. The number of aliphatic hydroxyl groups is 1. The Bertz CT molecular complexity index is 1110. The number of aliphatic hydroxyl groups excluding tert-OH is 1. The summed E-state index contributed by atoms with van der Waals surface area (Å²) in [4.78, 5) is 19.4. The van der Waals surface area contributed by atoms with Gasteiger partial charge in [-0.15, -0.1) is 0 Å². The van der Waals surface area contributed by atoms with Crippen LogP contribution in [0.5, 0.6) is 0 Å². The molecule has 2 heterocycles. The van der Waals surface area contributed by atoms with Gasteiger partial charge in [-0.2, -0.15) is 0 Å². The fourth-order valence-electron chi connectivity index (χ4n) is 4.26. The number of amides is 1. The van der Waals surface area contributed by atoms with Gasteiger partial charge in [-0.05, 0) is 69.9 Å². The van der Waals surface area contributed by atoms with E-state index < -0.39 is 11.7 Å². The second kappa shape index (κ2) is 9.08.